The lowest BCUT2D eigenvalue weighted by molar-refractivity contribution is -0.142. The Labute approximate surface area is 135 Å². The van der Waals surface area contributed by atoms with Crippen LogP contribution in [0.4, 0.5) is 0 Å². The normalized spacial score (nSPS) is 17.5. The summed E-state index contributed by atoms with van der Waals surface area (Å²) in [5.74, 6) is -0.259. The first-order valence-electron chi connectivity index (χ1n) is 7.08. The minimum atomic E-state index is -0.854. The topological polar surface area (TPSA) is 78.9 Å². The number of aliphatic carboxylic acids is 1. The number of halogens is 1. The highest BCUT2D eigenvalue weighted by atomic mass is 35.5. The number of para-hydroxylation sites is 1. The molecule has 1 saturated heterocycles. The first-order valence-corrected chi connectivity index (χ1v) is 7.08. The molecule has 22 heavy (non-hydrogen) atoms. The maximum Gasteiger partial charge on any atom is 0.320 e. The lowest BCUT2D eigenvalue weighted by Crippen LogP contribution is -2.43. The molecule has 1 aliphatic heterocycles. The number of carbonyl (C=O) groups is 2. The van der Waals surface area contributed by atoms with Crippen molar-refractivity contribution >= 4 is 24.3 Å². The quantitative estimate of drug-likeness (QED) is 0.734. The maximum atomic E-state index is 11.8. The van der Waals surface area contributed by atoms with Gasteiger partial charge in [-0.3, -0.25) is 14.5 Å². The van der Waals surface area contributed by atoms with Crippen molar-refractivity contribution in [2.45, 2.75) is 18.9 Å². The van der Waals surface area contributed by atoms with Crippen molar-refractivity contribution in [3.05, 3.63) is 30.3 Å². The second-order valence-electron chi connectivity index (χ2n) is 4.98. The van der Waals surface area contributed by atoms with Crippen molar-refractivity contribution in [3.8, 4) is 5.75 Å². The van der Waals surface area contributed by atoms with E-state index in [0.29, 0.717) is 26.1 Å². The van der Waals surface area contributed by atoms with Gasteiger partial charge in [0.1, 0.15) is 18.4 Å². The van der Waals surface area contributed by atoms with Crippen molar-refractivity contribution in [3.63, 3.8) is 0 Å². The molecule has 0 bridgehead atoms. The summed E-state index contributed by atoms with van der Waals surface area (Å²) in [6, 6.07) is 8.84. The molecule has 2 N–H and O–H groups in total. The van der Waals surface area contributed by atoms with Crippen LogP contribution in [-0.2, 0) is 9.59 Å². The number of rotatable bonds is 7. The molecule has 0 aromatic heterocycles. The smallest absolute Gasteiger partial charge is 0.320 e. The predicted octanol–water partition coefficient (Wildman–Crippen LogP) is 1.15. The number of likely N-dealkylation sites (tertiary alicyclic amines) is 1. The van der Waals surface area contributed by atoms with Gasteiger partial charge in [-0.2, -0.15) is 0 Å². The first kappa shape index (κ1) is 18.3. The number of carbonyl (C=O) groups excluding carboxylic acids is 1. The van der Waals surface area contributed by atoms with Crippen LogP contribution in [-0.4, -0.2) is 54.2 Å². The molecule has 1 aromatic carbocycles. The average molecular weight is 329 g/mol. The molecule has 1 amide bonds. The summed E-state index contributed by atoms with van der Waals surface area (Å²) in [5, 5.41) is 11.8. The van der Waals surface area contributed by atoms with Crippen LogP contribution >= 0.6 is 12.4 Å². The van der Waals surface area contributed by atoms with Gasteiger partial charge in [-0.1, -0.05) is 18.2 Å². The standard InChI is InChI=1S/C15H20N2O4.ClH/c18-14(11-17-9-4-7-13(17)15(19)20)16-8-10-21-12-5-2-1-3-6-12;/h1-3,5-6,13H,4,7-11H2,(H,16,18)(H,19,20);1H/t13-;/m1./s1. The summed E-state index contributed by atoms with van der Waals surface area (Å²) in [5.41, 5.74) is 0. The number of benzene rings is 1. The minimum absolute atomic E-state index is 0. The fourth-order valence-electron chi connectivity index (χ4n) is 2.41. The van der Waals surface area contributed by atoms with E-state index in [9.17, 15) is 9.59 Å². The van der Waals surface area contributed by atoms with E-state index in [1.54, 1.807) is 4.90 Å². The number of carboxylic acids is 1. The van der Waals surface area contributed by atoms with Gasteiger partial charge in [0.2, 0.25) is 5.91 Å². The van der Waals surface area contributed by atoms with Gasteiger partial charge in [0.15, 0.2) is 0 Å². The molecule has 1 heterocycles. The highest BCUT2D eigenvalue weighted by Crippen LogP contribution is 2.16. The third-order valence-electron chi connectivity index (χ3n) is 3.43. The molecular formula is C15H21ClN2O4. The Bertz CT molecular complexity index is 484. The van der Waals surface area contributed by atoms with Gasteiger partial charge >= 0.3 is 5.97 Å². The van der Waals surface area contributed by atoms with Gasteiger partial charge in [0.25, 0.3) is 0 Å². The Morgan fingerprint density at radius 1 is 1.32 bits per heavy atom. The van der Waals surface area contributed by atoms with E-state index in [0.717, 1.165) is 12.2 Å². The van der Waals surface area contributed by atoms with Gasteiger partial charge in [-0.25, -0.2) is 0 Å². The largest absolute Gasteiger partial charge is 0.492 e. The zero-order valence-electron chi connectivity index (χ0n) is 12.2. The van der Waals surface area contributed by atoms with Gasteiger partial charge in [0.05, 0.1) is 13.1 Å². The van der Waals surface area contributed by atoms with E-state index >= 15 is 0 Å². The van der Waals surface area contributed by atoms with E-state index in [-0.39, 0.29) is 24.9 Å². The van der Waals surface area contributed by atoms with Gasteiger partial charge < -0.3 is 15.2 Å². The van der Waals surface area contributed by atoms with Crippen LogP contribution in [0.3, 0.4) is 0 Å². The molecule has 0 aliphatic carbocycles. The molecule has 6 nitrogen and oxygen atoms in total. The number of hydrogen-bond donors (Lipinski definition) is 2. The molecule has 7 heteroatoms. The van der Waals surface area contributed by atoms with Crippen molar-refractivity contribution in [1.29, 1.82) is 0 Å². The first-order chi connectivity index (χ1) is 10.2. The van der Waals surface area contributed by atoms with E-state index in [1.165, 1.54) is 0 Å². The number of ether oxygens (including phenoxy) is 1. The summed E-state index contributed by atoms with van der Waals surface area (Å²) in [7, 11) is 0. The predicted molar refractivity (Wildman–Crippen MR) is 84.4 cm³/mol. The summed E-state index contributed by atoms with van der Waals surface area (Å²) in [4.78, 5) is 24.5. The number of nitrogens with zero attached hydrogens (tertiary/aromatic N) is 1. The summed E-state index contributed by atoms with van der Waals surface area (Å²) in [6.45, 7) is 1.57. The zero-order chi connectivity index (χ0) is 15.1. The fraction of sp³-hybridized carbons (Fsp3) is 0.467. The maximum absolute atomic E-state index is 11.8. The lowest BCUT2D eigenvalue weighted by Gasteiger charge is -2.20. The average Bonchev–Trinajstić information content (AvgIpc) is 2.93. The van der Waals surface area contributed by atoms with E-state index in [1.807, 2.05) is 30.3 Å². The van der Waals surface area contributed by atoms with E-state index in [2.05, 4.69) is 5.32 Å². The number of amides is 1. The van der Waals surface area contributed by atoms with Gasteiger partial charge in [0, 0.05) is 0 Å². The minimum Gasteiger partial charge on any atom is -0.492 e. The van der Waals surface area contributed by atoms with Crippen LogP contribution < -0.4 is 10.1 Å². The molecule has 0 saturated carbocycles. The van der Waals surface area contributed by atoms with Crippen LogP contribution in [0, 0.1) is 0 Å². The third kappa shape index (κ3) is 5.54. The molecule has 1 aliphatic rings. The molecule has 1 aromatic rings. The third-order valence-corrected chi connectivity index (χ3v) is 3.43. The van der Waals surface area contributed by atoms with Crippen LogP contribution in [0.25, 0.3) is 0 Å². The Kier molecular flexibility index (Phi) is 7.70. The highest BCUT2D eigenvalue weighted by molar-refractivity contribution is 5.85. The summed E-state index contributed by atoms with van der Waals surface area (Å²) in [6.07, 6.45) is 1.43. The molecule has 2 rings (SSSR count). The van der Waals surface area contributed by atoms with Crippen molar-refractivity contribution < 1.29 is 19.4 Å². The Hall–Kier alpha value is -1.79. The number of nitrogens with one attached hydrogen (secondary N) is 1. The Morgan fingerprint density at radius 2 is 2.05 bits per heavy atom. The molecule has 0 radical (unpaired) electrons. The molecule has 0 spiro atoms. The number of carboxylic acid groups (broad SMARTS) is 1. The SMILES string of the molecule is Cl.O=C(CN1CCC[C@@H]1C(=O)O)NCCOc1ccccc1. The van der Waals surface area contributed by atoms with Crippen molar-refractivity contribution in [2.75, 3.05) is 26.2 Å². The molecule has 122 valence electrons. The van der Waals surface area contributed by atoms with Crippen molar-refractivity contribution in [1.82, 2.24) is 10.2 Å². The second kappa shape index (κ2) is 9.27. The number of hydrogen-bond acceptors (Lipinski definition) is 4. The summed E-state index contributed by atoms with van der Waals surface area (Å²) < 4.78 is 5.46. The Morgan fingerprint density at radius 3 is 2.73 bits per heavy atom. The Balaban J connectivity index is 0.00000242. The lowest BCUT2D eigenvalue weighted by atomic mass is 10.2. The van der Waals surface area contributed by atoms with Crippen LogP contribution in [0.5, 0.6) is 5.75 Å². The highest BCUT2D eigenvalue weighted by Gasteiger charge is 2.31. The zero-order valence-corrected chi connectivity index (χ0v) is 13.1. The van der Waals surface area contributed by atoms with Crippen LogP contribution in [0.1, 0.15) is 12.8 Å². The van der Waals surface area contributed by atoms with Crippen LogP contribution in [0.2, 0.25) is 0 Å². The van der Waals surface area contributed by atoms with Crippen LogP contribution in [0.15, 0.2) is 30.3 Å². The monoisotopic (exact) mass is 328 g/mol. The summed E-state index contributed by atoms with van der Waals surface area (Å²) >= 11 is 0. The van der Waals surface area contributed by atoms with E-state index in [4.69, 9.17) is 9.84 Å². The molecule has 1 fully saturated rings. The molecule has 1 atom stereocenters. The van der Waals surface area contributed by atoms with Crippen molar-refractivity contribution in [2.24, 2.45) is 0 Å². The van der Waals surface area contributed by atoms with E-state index < -0.39 is 12.0 Å². The second-order valence-corrected chi connectivity index (χ2v) is 4.98. The van der Waals surface area contributed by atoms with Gasteiger partial charge in [-0.15, -0.1) is 12.4 Å². The van der Waals surface area contributed by atoms with Gasteiger partial charge in [-0.05, 0) is 31.5 Å². The fourth-order valence-corrected chi connectivity index (χ4v) is 2.41. The molecule has 0 unspecified atom stereocenters. The molecular weight excluding hydrogens is 308 g/mol.